The van der Waals surface area contributed by atoms with Crippen molar-refractivity contribution in [3.63, 3.8) is 0 Å². The number of aromatic nitrogens is 3. The Balaban J connectivity index is 2.01. The summed E-state index contributed by atoms with van der Waals surface area (Å²) >= 11 is 3.38. The molecule has 106 valence electrons. The number of amides is 1. The summed E-state index contributed by atoms with van der Waals surface area (Å²) in [7, 11) is 0. The van der Waals surface area contributed by atoms with Gasteiger partial charge >= 0.3 is 0 Å². The van der Waals surface area contributed by atoms with Crippen LogP contribution in [-0.2, 0) is 4.79 Å². The molecule has 0 spiro atoms. The van der Waals surface area contributed by atoms with Crippen LogP contribution in [-0.4, -0.2) is 25.6 Å². The van der Waals surface area contributed by atoms with E-state index < -0.39 is 5.91 Å². The Morgan fingerprint density at radius 1 is 1.29 bits per heavy atom. The highest BCUT2D eigenvalue weighted by atomic mass is 79.9. The lowest BCUT2D eigenvalue weighted by molar-refractivity contribution is -0.121. The van der Waals surface area contributed by atoms with Crippen LogP contribution in [0.25, 0.3) is 16.9 Å². The van der Waals surface area contributed by atoms with E-state index in [1.807, 2.05) is 22.9 Å². The molecule has 0 radical (unpaired) electrons. The van der Waals surface area contributed by atoms with Gasteiger partial charge < -0.3 is 0 Å². The standard InChI is InChI=1S/C14H11BrN4O2/c1-9(20)19(21)12-2-3-13(16-8-12)18-5-4-10-6-11(15)7-17-14(10)18/h2-8,21H,1H3. The highest BCUT2D eigenvalue weighted by molar-refractivity contribution is 9.10. The minimum absolute atomic E-state index is 0.318. The summed E-state index contributed by atoms with van der Waals surface area (Å²) in [6.45, 7) is 1.27. The van der Waals surface area contributed by atoms with Crippen molar-refractivity contribution in [3.8, 4) is 5.82 Å². The average molecular weight is 347 g/mol. The number of nitrogens with zero attached hydrogens (tertiary/aromatic N) is 4. The van der Waals surface area contributed by atoms with Crippen LogP contribution in [0.15, 0.2) is 47.3 Å². The molecule has 0 unspecified atom stereocenters. The second-order valence-electron chi connectivity index (χ2n) is 4.46. The number of anilines is 1. The second-order valence-corrected chi connectivity index (χ2v) is 5.37. The van der Waals surface area contributed by atoms with Crippen LogP contribution in [0.2, 0.25) is 0 Å². The van der Waals surface area contributed by atoms with Crippen LogP contribution < -0.4 is 5.06 Å². The molecule has 6 nitrogen and oxygen atoms in total. The molecule has 1 amide bonds. The summed E-state index contributed by atoms with van der Waals surface area (Å²) in [5, 5.41) is 11.1. The number of pyridine rings is 2. The van der Waals surface area contributed by atoms with Crippen molar-refractivity contribution >= 4 is 38.6 Å². The first-order chi connectivity index (χ1) is 10.1. The molecule has 0 aromatic carbocycles. The van der Waals surface area contributed by atoms with Crippen molar-refractivity contribution in [2.24, 2.45) is 0 Å². The predicted octanol–water partition coefficient (Wildman–Crippen LogP) is 2.93. The van der Waals surface area contributed by atoms with Crippen LogP contribution in [0.1, 0.15) is 6.92 Å². The highest BCUT2D eigenvalue weighted by Gasteiger charge is 2.10. The molecule has 0 aliphatic rings. The summed E-state index contributed by atoms with van der Waals surface area (Å²) in [4.78, 5) is 19.7. The molecular formula is C14H11BrN4O2. The zero-order valence-corrected chi connectivity index (χ0v) is 12.6. The van der Waals surface area contributed by atoms with Crippen LogP contribution in [0.4, 0.5) is 5.69 Å². The van der Waals surface area contributed by atoms with Gasteiger partial charge in [-0.25, -0.2) is 9.97 Å². The topological polar surface area (TPSA) is 71.2 Å². The lowest BCUT2D eigenvalue weighted by Crippen LogP contribution is -2.23. The van der Waals surface area contributed by atoms with Crippen molar-refractivity contribution in [2.45, 2.75) is 6.92 Å². The van der Waals surface area contributed by atoms with Crippen LogP contribution in [0.5, 0.6) is 0 Å². The monoisotopic (exact) mass is 346 g/mol. The molecule has 3 aromatic heterocycles. The number of halogens is 1. The fourth-order valence-corrected chi connectivity index (χ4v) is 2.36. The van der Waals surface area contributed by atoms with E-state index in [1.165, 1.54) is 13.1 Å². The Morgan fingerprint density at radius 2 is 2.10 bits per heavy atom. The van der Waals surface area contributed by atoms with Crippen molar-refractivity contribution < 1.29 is 10.0 Å². The first kappa shape index (κ1) is 13.7. The summed E-state index contributed by atoms with van der Waals surface area (Å²) in [6.07, 6.45) is 5.02. The van der Waals surface area contributed by atoms with Crippen molar-refractivity contribution in [1.82, 2.24) is 14.5 Å². The fraction of sp³-hybridized carbons (Fsp3) is 0.0714. The molecule has 3 heterocycles. The van der Waals surface area contributed by atoms with Gasteiger partial charge in [-0.3, -0.25) is 14.6 Å². The maximum atomic E-state index is 11.1. The average Bonchev–Trinajstić information content (AvgIpc) is 2.89. The van der Waals surface area contributed by atoms with Gasteiger partial charge in [-0.15, -0.1) is 0 Å². The maximum absolute atomic E-state index is 11.1. The minimum Gasteiger partial charge on any atom is -0.285 e. The van der Waals surface area contributed by atoms with Crippen molar-refractivity contribution in [3.05, 3.63) is 47.3 Å². The molecule has 0 atom stereocenters. The molecule has 0 aliphatic heterocycles. The molecule has 0 bridgehead atoms. The molecular weight excluding hydrogens is 336 g/mol. The second kappa shape index (κ2) is 5.27. The molecule has 3 rings (SSSR count). The molecule has 1 N–H and O–H groups in total. The van der Waals surface area contributed by atoms with Gasteiger partial charge in [-0.05, 0) is 40.2 Å². The Labute approximate surface area is 128 Å². The van der Waals surface area contributed by atoms with Gasteiger partial charge in [0.25, 0.3) is 0 Å². The first-order valence-corrected chi connectivity index (χ1v) is 6.94. The van der Waals surface area contributed by atoms with Crippen LogP contribution in [0.3, 0.4) is 0 Å². The SMILES string of the molecule is CC(=O)N(O)c1ccc(-n2ccc3cc(Br)cnc32)nc1. The van der Waals surface area contributed by atoms with Crippen molar-refractivity contribution in [1.29, 1.82) is 0 Å². The summed E-state index contributed by atoms with van der Waals surface area (Å²) in [6, 6.07) is 7.24. The van der Waals surface area contributed by atoms with Gasteiger partial charge in [-0.2, -0.15) is 5.06 Å². The first-order valence-electron chi connectivity index (χ1n) is 6.15. The molecule has 21 heavy (non-hydrogen) atoms. The Kier molecular flexibility index (Phi) is 3.44. The van der Waals surface area contributed by atoms with Gasteiger partial charge in [0, 0.05) is 29.2 Å². The van der Waals surface area contributed by atoms with Gasteiger partial charge in [0.2, 0.25) is 5.91 Å². The number of carbonyl (C=O) groups is 1. The minimum atomic E-state index is -0.470. The third kappa shape index (κ3) is 2.53. The fourth-order valence-electron chi connectivity index (χ4n) is 2.01. The van der Waals surface area contributed by atoms with E-state index in [0.717, 1.165) is 15.5 Å². The molecule has 0 fully saturated rings. The third-order valence-corrected chi connectivity index (χ3v) is 3.45. The van der Waals surface area contributed by atoms with Crippen molar-refractivity contribution in [2.75, 3.05) is 5.06 Å². The number of carbonyl (C=O) groups excluding carboxylic acids is 1. The normalized spacial score (nSPS) is 10.8. The van der Waals surface area contributed by atoms with Gasteiger partial charge in [0.1, 0.15) is 11.5 Å². The molecule has 0 saturated carbocycles. The lowest BCUT2D eigenvalue weighted by Gasteiger charge is -2.12. The summed E-state index contributed by atoms with van der Waals surface area (Å²) in [5.41, 5.74) is 1.10. The quantitative estimate of drug-likeness (QED) is 0.572. The molecule has 3 aromatic rings. The zero-order valence-electron chi connectivity index (χ0n) is 11.1. The van der Waals surface area contributed by atoms with Gasteiger partial charge in [0.05, 0.1) is 11.9 Å². The largest absolute Gasteiger partial charge is 0.285 e. The number of fused-ring (bicyclic) bond motifs is 1. The third-order valence-electron chi connectivity index (χ3n) is 3.02. The predicted molar refractivity (Wildman–Crippen MR) is 81.5 cm³/mol. The number of hydrogen-bond donors (Lipinski definition) is 1. The maximum Gasteiger partial charge on any atom is 0.247 e. The van der Waals surface area contributed by atoms with E-state index in [1.54, 1.807) is 18.3 Å². The van der Waals surface area contributed by atoms with Gasteiger partial charge in [0.15, 0.2) is 0 Å². The zero-order chi connectivity index (χ0) is 15.0. The van der Waals surface area contributed by atoms with E-state index >= 15 is 0 Å². The van der Waals surface area contributed by atoms with E-state index in [-0.39, 0.29) is 0 Å². The Hall–Kier alpha value is -2.25. The molecule has 0 aliphatic carbocycles. The van der Waals surface area contributed by atoms with Crippen LogP contribution in [0, 0.1) is 0 Å². The highest BCUT2D eigenvalue weighted by Crippen LogP contribution is 2.21. The van der Waals surface area contributed by atoms with E-state index in [9.17, 15) is 10.0 Å². The Bertz CT molecular complexity index is 813. The summed E-state index contributed by atoms with van der Waals surface area (Å²) in [5.74, 6) is 0.183. The van der Waals surface area contributed by atoms with Crippen LogP contribution >= 0.6 is 15.9 Å². The molecule has 0 saturated heterocycles. The van der Waals surface area contributed by atoms with E-state index in [0.29, 0.717) is 16.6 Å². The number of hydrogen-bond acceptors (Lipinski definition) is 4. The Morgan fingerprint density at radius 3 is 2.76 bits per heavy atom. The lowest BCUT2D eigenvalue weighted by atomic mass is 10.3. The van der Waals surface area contributed by atoms with E-state index in [2.05, 4.69) is 25.9 Å². The van der Waals surface area contributed by atoms with Gasteiger partial charge in [-0.1, -0.05) is 0 Å². The molecule has 7 heteroatoms. The van der Waals surface area contributed by atoms with E-state index in [4.69, 9.17) is 0 Å². The summed E-state index contributed by atoms with van der Waals surface area (Å²) < 4.78 is 2.74. The number of rotatable bonds is 2. The smallest absolute Gasteiger partial charge is 0.247 e. The number of hydroxylamine groups is 1.